The Morgan fingerprint density at radius 3 is 2.46 bits per heavy atom. The molecule has 0 fully saturated rings. The van der Waals surface area contributed by atoms with Crippen molar-refractivity contribution in [3.63, 3.8) is 0 Å². The zero-order valence-corrected chi connectivity index (χ0v) is 18.0. The number of rotatable bonds is 9. The molecule has 2 aromatic heterocycles. The molecule has 0 aliphatic carbocycles. The summed E-state index contributed by atoms with van der Waals surface area (Å²) in [4.78, 5) is 45.3. The van der Waals surface area contributed by atoms with Crippen molar-refractivity contribution in [1.29, 1.82) is 0 Å². The highest BCUT2D eigenvalue weighted by Gasteiger charge is 2.15. The van der Waals surface area contributed by atoms with E-state index >= 15 is 0 Å². The topological polar surface area (TPSA) is 98.2 Å². The molecule has 1 amide bonds. The van der Waals surface area contributed by atoms with Crippen LogP contribution in [0.5, 0.6) is 0 Å². The van der Waals surface area contributed by atoms with Crippen LogP contribution in [0.3, 0.4) is 0 Å². The molecule has 7 nitrogen and oxygen atoms in total. The summed E-state index contributed by atoms with van der Waals surface area (Å²) in [5.41, 5.74) is 2.64. The van der Waals surface area contributed by atoms with Gasteiger partial charge in [-0.2, -0.15) is 0 Å². The summed E-state index contributed by atoms with van der Waals surface area (Å²) in [5.74, 6) is -0.822. The molecule has 150 valence electrons. The standard InChI is InChI=1S/C19H23N3O4S2/c1-11-15(12(2)22-19(21-11)27-4)6-8-18(25)26-10-16(24)17-7-5-14(28-17)9-20-13(3)23/h5,7H,6,8-10H2,1-4H3,(H,20,23). The van der Waals surface area contributed by atoms with Crippen LogP contribution in [0.4, 0.5) is 0 Å². The lowest BCUT2D eigenvalue weighted by molar-refractivity contribution is -0.142. The Hall–Kier alpha value is -2.26. The highest BCUT2D eigenvalue weighted by Crippen LogP contribution is 2.18. The number of thioether (sulfide) groups is 1. The third kappa shape index (κ3) is 6.42. The maximum atomic E-state index is 12.2. The van der Waals surface area contributed by atoms with Crippen LogP contribution in [0.2, 0.25) is 0 Å². The van der Waals surface area contributed by atoms with E-state index in [1.54, 1.807) is 12.1 Å². The number of Topliss-reactive ketones (excluding diaryl/α,β-unsaturated/α-hetero) is 1. The lowest BCUT2D eigenvalue weighted by Crippen LogP contribution is -2.18. The molecular formula is C19H23N3O4S2. The second-order valence-electron chi connectivity index (χ2n) is 6.12. The van der Waals surface area contributed by atoms with E-state index in [-0.39, 0.29) is 24.7 Å². The third-order valence-electron chi connectivity index (χ3n) is 3.97. The fraction of sp³-hybridized carbons (Fsp3) is 0.421. The number of nitrogens with zero attached hydrogens (tertiary/aromatic N) is 2. The number of hydrogen-bond acceptors (Lipinski definition) is 8. The number of esters is 1. The quantitative estimate of drug-likeness (QED) is 0.288. The van der Waals surface area contributed by atoms with Crippen molar-refractivity contribution in [2.75, 3.05) is 12.9 Å². The lowest BCUT2D eigenvalue weighted by Gasteiger charge is -2.09. The summed E-state index contributed by atoms with van der Waals surface area (Å²) in [6, 6.07) is 3.45. The van der Waals surface area contributed by atoms with E-state index in [9.17, 15) is 14.4 Å². The number of carbonyl (C=O) groups excluding carboxylic acids is 3. The van der Waals surface area contributed by atoms with Gasteiger partial charge in [-0.05, 0) is 44.2 Å². The molecule has 0 aromatic carbocycles. The van der Waals surface area contributed by atoms with Gasteiger partial charge >= 0.3 is 5.97 Å². The molecule has 0 aliphatic rings. The molecule has 2 aromatic rings. The Balaban J connectivity index is 1.82. The van der Waals surface area contributed by atoms with Crippen LogP contribution in [-0.4, -0.2) is 40.5 Å². The summed E-state index contributed by atoms with van der Waals surface area (Å²) >= 11 is 2.75. The monoisotopic (exact) mass is 421 g/mol. The minimum absolute atomic E-state index is 0.130. The summed E-state index contributed by atoms with van der Waals surface area (Å²) in [6.45, 7) is 5.31. The molecule has 0 bridgehead atoms. The third-order valence-corrected chi connectivity index (χ3v) is 5.65. The second kappa shape index (κ2) is 10.3. The Morgan fingerprint density at radius 2 is 1.86 bits per heavy atom. The molecule has 0 aliphatic heterocycles. The van der Waals surface area contributed by atoms with E-state index in [1.165, 1.54) is 30.0 Å². The molecule has 0 saturated carbocycles. The van der Waals surface area contributed by atoms with Gasteiger partial charge in [0.25, 0.3) is 0 Å². The maximum absolute atomic E-state index is 12.2. The first kappa shape index (κ1) is 22.0. The Bertz CT molecular complexity index is 857. The average Bonchev–Trinajstić information content (AvgIpc) is 3.12. The van der Waals surface area contributed by atoms with Crippen molar-refractivity contribution in [3.05, 3.63) is 38.8 Å². The predicted octanol–water partition coefficient (Wildman–Crippen LogP) is 2.87. The first-order valence-electron chi connectivity index (χ1n) is 8.70. The van der Waals surface area contributed by atoms with E-state index < -0.39 is 5.97 Å². The first-order chi connectivity index (χ1) is 13.3. The van der Waals surface area contributed by atoms with Crippen molar-refractivity contribution < 1.29 is 19.1 Å². The van der Waals surface area contributed by atoms with E-state index in [2.05, 4.69) is 15.3 Å². The van der Waals surface area contributed by atoms with Crippen molar-refractivity contribution in [2.45, 2.75) is 45.3 Å². The molecule has 1 N–H and O–H groups in total. The van der Waals surface area contributed by atoms with Crippen LogP contribution in [0, 0.1) is 13.8 Å². The molecule has 9 heteroatoms. The van der Waals surface area contributed by atoms with Gasteiger partial charge in [-0.1, -0.05) is 11.8 Å². The van der Waals surface area contributed by atoms with Gasteiger partial charge in [0.1, 0.15) is 0 Å². The minimum Gasteiger partial charge on any atom is -0.457 e. The Morgan fingerprint density at radius 1 is 1.18 bits per heavy atom. The van der Waals surface area contributed by atoms with Crippen LogP contribution in [0.15, 0.2) is 17.3 Å². The predicted molar refractivity (Wildman–Crippen MR) is 109 cm³/mol. The number of thiophene rings is 1. The van der Waals surface area contributed by atoms with Gasteiger partial charge in [-0.15, -0.1) is 11.3 Å². The van der Waals surface area contributed by atoms with Crippen LogP contribution < -0.4 is 5.32 Å². The fourth-order valence-corrected chi connectivity index (χ4v) is 3.84. The molecule has 2 rings (SSSR count). The van der Waals surface area contributed by atoms with Gasteiger partial charge in [0.05, 0.1) is 11.4 Å². The van der Waals surface area contributed by atoms with Crippen LogP contribution >= 0.6 is 23.1 Å². The number of aromatic nitrogens is 2. The smallest absolute Gasteiger partial charge is 0.306 e. The van der Waals surface area contributed by atoms with Gasteiger partial charge in [0, 0.05) is 29.6 Å². The molecule has 0 saturated heterocycles. The van der Waals surface area contributed by atoms with E-state index in [0.717, 1.165) is 21.8 Å². The Kier molecular flexibility index (Phi) is 8.13. The van der Waals surface area contributed by atoms with Gasteiger partial charge in [-0.3, -0.25) is 14.4 Å². The highest BCUT2D eigenvalue weighted by atomic mass is 32.2. The van der Waals surface area contributed by atoms with E-state index in [1.807, 2.05) is 20.1 Å². The van der Waals surface area contributed by atoms with Gasteiger partial charge in [0.15, 0.2) is 11.8 Å². The molecule has 0 unspecified atom stereocenters. The largest absolute Gasteiger partial charge is 0.457 e. The number of amides is 1. The number of carbonyl (C=O) groups is 3. The minimum atomic E-state index is -0.434. The summed E-state index contributed by atoms with van der Waals surface area (Å²) < 4.78 is 5.12. The van der Waals surface area contributed by atoms with E-state index in [4.69, 9.17) is 4.74 Å². The first-order valence-corrected chi connectivity index (χ1v) is 10.7. The molecule has 2 heterocycles. The second-order valence-corrected chi connectivity index (χ2v) is 8.06. The van der Waals surface area contributed by atoms with Crippen LogP contribution in [0.1, 0.15) is 44.8 Å². The number of ketones is 1. The summed E-state index contributed by atoms with van der Waals surface area (Å²) in [6.07, 6.45) is 2.55. The Labute approximate surface area is 172 Å². The number of ether oxygens (including phenoxy) is 1. The molecule has 0 radical (unpaired) electrons. The average molecular weight is 422 g/mol. The normalized spacial score (nSPS) is 10.6. The fourth-order valence-electron chi connectivity index (χ4n) is 2.51. The van der Waals surface area contributed by atoms with Crippen LogP contribution in [0.25, 0.3) is 0 Å². The highest BCUT2D eigenvalue weighted by molar-refractivity contribution is 7.98. The van der Waals surface area contributed by atoms with E-state index in [0.29, 0.717) is 23.0 Å². The van der Waals surface area contributed by atoms with Crippen molar-refractivity contribution in [3.8, 4) is 0 Å². The van der Waals surface area contributed by atoms with Gasteiger partial charge in [-0.25, -0.2) is 9.97 Å². The molecular weight excluding hydrogens is 398 g/mol. The summed E-state index contributed by atoms with van der Waals surface area (Å²) in [5, 5.41) is 3.39. The number of hydrogen-bond donors (Lipinski definition) is 1. The van der Waals surface area contributed by atoms with Gasteiger partial charge < -0.3 is 10.1 Å². The SMILES string of the molecule is CSc1nc(C)c(CCC(=O)OCC(=O)c2ccc(CNC(C)=O)s2)c(C)n1. The van der Waals surface area contributed by atoms with Crippen molar-refractivity contribution in [2.24, 2.45) is 0 Å². The van der Waals surface area contributed by atoms with Crippen LogP contribution in [-0.2, 0) is 27.3 Å². The summed E-state index contributed by atoms with van der Waals surface area (Å²) in [7, 11) is 0. The molecule has 0 atom stereocenters. The lowest BCUT2D eigenvalue weighted by atomic mass is 10.1. The van der Waals surface area contributed by atoms with Crippen molar-refractivity contribution in [1.82, 2.24) is 15.3 Å². The number of aryl methyl sites for hydroxylation is 2. The molecule has 28 heavy (non-hydrogen) atoms. The van der Waals surface area contributed by atoms with Gasteiger partial charge in [0.2, 0.25) is 11.7 Å². The van der Waals surface area contributed by atoms with Crippen molar-refractivity contribution >= 4 is 40.8 Å². The number of nitrogens with one attached hydrogen (secondary N) is 1. The zero-order valence-electron chi connectivity index (χ0n) is 16.3. The maximum Gasteiger partial charge on any atom is 0.306 e. The molecule has 0 spiro atoms. The zero-order chi connectivity index (χ0) is 20.7.